The fourth-order valence-corrected chi connectivity index (χ4v) is 3.71. The van der Waals surface area contributed by atoms with Gasteiger partial charge in [-0.1, -0.05) is 12.1 Å². The molecule has 0 spiro atoms. The Morgan fingerprint density at radius 3 is 2.72 bits per heavy atom. The van der Waals surface area contributed by atoms with Gasteiger partial charge in [-0.25, -0.2) is 4.79 Å². The van der Waals surface area contributed by atoms with Crippen molar-refractivity contribution in [2.45, 2.75) is 25.3 Å². The molecule has 3 aromatic rings. The maximum atomic E-state index is 12.7. The fourth-order valence-electron chi connectivity index (χ4n) is 3.71. The molecule has 0 radical (unpaired) electrons. The number of hydrogen-bond acceptors (Lipinski definition) is 3. The van der Waals surface area contributed by atoms with Gasteiger partial charge < -0.3 is 9.88 Å². The van der Waals surface area contributed by atoms with Crippen LogP contribution in [0, 0.1) is 0 Å². The number of carbonyl (C=O) groups excluding carboxylic acids is 1. The minimum Gasteiger partial charge on any atom is -0.341 e. The Balaban J connectivity index is 1.45. The molecule has 1 aliphatic heterocycles. The van der Waals surface area contributed by atoms with Crippen molar-refractivity contribution in [2.75, 3.05) is 13.1 Å². The lowest BCUT2D eigenvalue weighted by Gasteiger charge is -2.32. The Labute approximate surface area is 144 Å². The van der Waals surface area contributed by atoms with Gasteiger partial charge in [0.1, 0.15) is 6.54 Å². The van der Waals surface area contributed by atoms with Crippen LogP contribution in [0.25, 0.3) is 11.0 Å². The summed E-state index contributed by atoms with van der Waals surface area (Å²) in [6.07, 6.45) is 3.67. The number of carbonyl (C=O) groups is 1. The maximum absolute atomic E-state index is 12.7. The lowest BCUT2D eigenvalue weighted by atomic mass is 9.93. The molecule has 7 nitrogen and oxygen atoms in total. The molecule has 1 aromatic carbocycles. The van der Waals surface area contributed by atoms with Gasteiger partial charge in [-0.15, -0.1) is 0 Å². The molecule has 1 aliphatic rings. The van der Waals surface area contributed by atoms with Crippen LogP contribution in [0.5, 0.6) is 0 Å². The molecule has 130 valence electrons. The zero-order valence-electron chi connectivity index (χ0n) is 14.2. The Hall–Kier alpha value is -2.83. The molecule has 3 heterocycles. The van der Waals surface area contributed by atoms with Crippen LogP contribution in [0.15, 0.2) is 41.3 Å². The fraction of sp³-hybridized carbons (Fsp3) is 0.389. The molecular weight excluding hydrogens is 318 g/mol. The Bertz CT molecular complexity index is 959. The van der Waals surface area contributed by atoms with Gasteiger partial charge in [0.2, 0.25) is 5.91 Å². The topological polar surface area (TPSA) is 75.9 Å². The molecule has 25 heavy (non-hydrogen) atoms. The monoisotopic (exact) mass is 339 g/mol. The van der Waals surface area contributed by atoms with Crippen molar-refractivity contribution in [2.24, 2.45) is 7.05 Å². The van der Waals surface area contributed by atoms with Crippen LogP contribution in [0.4, 0.5) is 0 Å². The van der Waals surface area contributed by atoms with E-state index >= 15 is 0 Å². The van der Waals surface area contributed by atoms with E-state index in [9.17, 15) is 9.59 Å². The number of nitrogens with zero attached hydrogens (tertiary/aromatic N) is 4. The van der Waals surface area contributed by atoms with Crippen molar-refractivity contribution in [1.29, 1.82) is 0 Å². The number of nitrogens with one attached hydrogen (secondary N) is 1. The van der Waals surface area contributed by atoms with Gasteiger partial charge in [0.05, 0.1) is 11.0 Å². The second-order valence-corrected chi connectivity index (χ2v) is 6.57. The van der Waals surface area contributed by atoms with Gasteiger partial charge >= 0.3 is 5.69 Å². The number of rotatable bonds is 3. The highest BCUT2D eigenvalue weighted by molar-refractivity contribution is 5.80. The second kappa shape index (κ2) is 6.23. The number of aromatic nitrogens is 4. The molecule has 4 rings (SSSR count). The molecule has 1 amide bonds. The molecule has 1 fully saturated rings. The number of amides is 1. The average molecular weight is 339 g/mol. The number of aryl methyl sites for hydroxylation is 1. The van der Waals surface area contributed by atoms with Crippen molar-refractivity contribution in [3.8, 4) is 0 Å². The van der Waals surface area contributed by atoms with Crippen molar-refractivity contribution in [3.63, 3.8) is 0 Å². The van der Waals surface area contributed by atoms with Crippen LogP contribution in [-0.4, -0.2) is 43.2 Å². The zero-order chi connectivity index (χ0) is 17.4. The van der Waals surface area contributed by atoms with E-state index in [0.29, 0.717) is 19.0 Å². The number of imidazole rings is 1. The molecule has 0 saturated carbocycles. The predicted molar refractivity (Wildman–Crippen MR) is 94.3 cm³/mol. The number of aromatic amines is 1. The summed E-state index contributed by atoms with van der Waals surface area (Å²) in [6.45, 7) is 1.51. The van der Waals surface area contributed by atoms with Crippen LogP contribution in [0.2, 0.25) is 0 Å². The Morgan fingerprint density at radius 2 is 2.00 bits per heavy atom. The highest BCUT2D eigenvalue weighted by Gasteiger charge is 2.26. The number of fused-ring (bicyclic) bond motifs is 1. The quantitative estimate of drug-likeness (QED) is 0.785. The highest BCUT2D eigenvalue weighted by atomic mass is 16.2. The summed E-state index contributed by atoms with van der Waals surface area (Å²) in [6, 6.07) is 9.49. The third-order valence-corrected chi connectivity index (χ3v) is 5.10. The molecule has 1 saturated heterocycles. The smallest absolute Gasteiger partial charge is 0.326 e. The number of hydrogen-bond donors (Lipinski definition) is 1. The largest absolute Gasteiger partial charge is 0.341 e. The van der Waals surface area contributed by atoms with E-state index in [1.54, 1.807) is 0 Å². The van der Waals surface area contributed by atoms with E-state index in [1.165, 1.54) is 10.3 Å². The van der Waals surface area contributed by atoms with Crippen molar-refractivity contribution >= 4 is 16.9 Å². The van der Waals surface area contributed by atoms with Gasteiger partial charge in [-0.2, -0.15) is 5.10 Å². The molecule has 7 heteroatoms. The van der Waals surface area contributed by atoms with Crippen LogP contribution in [0.1, 0.15) is 24.5 Å². The molecule has 2 aromatic heterocycles. The lowest BCUT2D eigenvalue weighted by molar-refractivity contribution is -0.132. The van der Waals surface area contributed by atoms with Gasteiger partial charge in [0.25, 0.3) is 0 Å². The highest BCUT2D eigenvalue weighted by Crippen LogP contribution is 2.27. The summed E-state index contributed by atoms with van der Waals surface area (Å²) < 4.78 is 3.43. The predicted octanol–water partition coefficient (Wildman–Crippen LogP) is 1.47. The van der Waals surface area contributed by atoms with Crippen LogP contribution in [-0.2, 0) is 18.4 Å². The number of H-pyrrole nitrogens is 1. The summed E-state index contributed by atoms with van der Waals surface area (Å²) in [7, 11) is 1.95. The van der Waals surface area contributed by atoms with Crippen molar-refractivity contribution < 1.29 is 4.79 Å². The zero-order valence-corrected chi connectivity index (χ0v) is 14.2. The maximum Gasteiger partial charge on any atom is 0.326 e. The standard InChI is InChI=1S/C18H21N5O2/c1-21-15(6-9-19-21)13-7-10-22(11-8-13)17(24)12-23-16-5-3-2-4-14(16)20-18(23)25/h2-6,9,13H,7-8,10-12H2,1H3,(H,20,25). The van der Waals surface area contributed by atoms with Crippen LogP contribution >= 0.6 is 0 Å². The number of likely N-dealkylation sites (tertiary alicyclic amines) is 1. The van der Waals surface area contributed by atoms with E-state index in [4.69, 9.17) is 0 Å². The molecular formula is C18H21N5O2. The summed E-state index contributed by atoms with van der Waals surface area (Å²) in [5, 5.41) is 4.23. The number of piperidine rings is 1. The van der Waals surface area contributed by atoms with Gasteiger partial charge in [0, 0.05) is 37.9 Å². The molecule has 0 unspecified atom stereocenters. The van der Waals surface area contributed by atoms with E-state index in [1.807, 2.05) is 53.2 Å². The minimum atomic E-state index is -0.237. The minimum absolute atomic E-state index is 0.00434. The van der Waals surface area contributed by atoms with E-state index in [-0.39, 0.29) is 18.1 Å². The third-order valence-electron chi connectivity index (χ3n) is 5.10. The van der Waals surface area contributed by atoms with Gasteiger partial charge in [-0.05, 0) is 31.0 Å². The van der Waals surface area contributed by atoms with E-state index < -0.39 is 0 Å². The summed E-state index contributed by atoms with van der Waals surface area (Å²) in [4.78, 5) is 29.4. The Morgan fingerprint density at radius 1 is 1.24 bits per heavy atom. The number of benzene rings is 1. The Kier molecular flexibility index (Phi) is 3.91. The molecule has 0 atom stereocenters. The van der Waals surface area contributed by atoms with Gasteiger partial charge in [0.15, 0.2) is 0 Å². The van der Waals surface area contributed by atoms with Crippen LogP contribution < -0.4 is 5.69 Å². The second-order valence-electron chi connectivity index (χ2n) is 6.57. The third kappa shape index (κ3) is 2.86. The first-order valence-electron chi connectivity index (χ1n) is 8.56. The first kappa shape index (κ1) is 15.7. The normalized spacial score (nSPS) is 15.8. The van der Waals surface area contributed by atoms with Crippen molar-refractivity contribution in [1.82, 2.24) is 24.2 Å². The van der Waals surface area contributed by atoms with Crippen molar-refractivity contribution in [3.05, 3.63) is 52.7 Å². The summed E-state index contributed by atoms with van der Waals surface area (Å²) >= 11 is 0. The lowest BCUT2D eigenvalue weighted by Crippen LogP contribution is -2.41. The van der Waals surface area contributed by atoms with E-state index in [0.717, 1.165) is 23.9 Å². The average Bonchev–Trinajstić information content (AvgIpc) is 3.19. The van der Waals surface area contributed by atoms with E-state index in [2.05, 4.69) is 10.1 Å². The first-order chi connectivity index (χ1) is 12.1. The first-order valence-corrected chi connectivity index (χ1v) is 8.56. The SMILES string of the molecule is Cn1nccc1C1CCN(C(=O)Cn2c(=O)[nH]c3ccccc32)CC1. The van der Waals surface area contributed by atoms with Crippen LogP contribution in [0.3, 0.4) is 0 Å². The van der Waals surface area contributed by atoms with Gasteiger partial charge in [-0.3, -0.25) is 14.0 Å². The molecule has 0 bridgehead atoms. The number of para-hydroxylation sites is 2. The summed E-state index contributed by atoms with van der Waals surface area (Å²) in [5.74, 6) is 0.433. The summed E-state index contributed by atoms with van der Waals surface area (Å²) in [5.41, 5.74) is 2.51. The molecule has 1 N–H and O–H groups in total. The molecule has 0 aliphatic carbocycles.